The van der Waals surface area contributed by atoms with E-state index in [1.54, 1.807) is 38.1 Å². The van der Waals surface area contributed by atoms with Crippen molar-refractivity contribution in [1.29, 1.82) is 0 Å². The van der Waals surface area contributed by atoms with Gasteiger partial charge in [0.05, 0.1) is 21.2 Å². The summed E-state index contributed by atoms with van der Waals surface area (Å²) in [5.41, 5.74) is -1.43. The van der Waals surface area contributed by atoms with Crippen LogP contribution >= 0.6 is 34.8 Å². The summed E-state index contributed by atoms with van der Waals surface area (Å²) in [6.45, 7) is 4.09. The molecule has 238 valence electrons. The number of hydrogen-bond donors (Lipinski definition) is 1. The Kier molecular flexibility index (Phi) is 12.0. The Morgan fingerprint density at radius 1 is 0.886 bits per heavy atom. The Morgan fingerprint density at radius 3 is 2.05 bits per heavy atom. The van der Waals surface area contributed by atoms with Gasteiger partial charge in [-0.05, 0) is 62.2 Å². The van der Waals surface area contributed by atoms with Crippen LogP contribution < -0.4 is 9.62 Å². The highest BCUT2D eigenvalue weighted by atomic mass is 35.5. The Labute approximate surface area is 269 Å². The Hall–Kier alpha value is -2.99. The van der Waals surface area contributed by atoms with E-state index in [0.717, 1.165) is 17.0 Å². The van der Waals surface area contributed by atoms with Gasteiger partial charge in [0.2, 0.25) is 11.8 Å². The van der Waals surface area contributed by atoms with Gasteiger partial charge in [0.15, 0.2) is 0 Å². The predicted molar refractivity (Wildman–Crippen MR) is 166 cm³/mol. The molecule has 0 saturated carbocycles. The first-order valence-corrected chi connectivity index (χ1v) is 16.2. The molecule has 0 aliphatic heterocycles. The highest BCUT2D eigenvalue weighted by Crippen LogP contribution is 2.38. The van der Waals surface area contributed by atoms with Crippen LogP contribution in [0.25, 0.3) is 0 Å². The Morgan fingerprint density at radius 2 is 1.50 bits per heavy atom. The summed E-state index contributed by atoms with van der Waals surface area (Å²) >= 11 is 18.6. The lowest BCUT2D eigenvalue weighted by Crippen LogP contribution is -2.53. The summed E-state index contributed by atoms with van der Waals surface area (Å²) in [6.07, 6.45) is -4.18. The number of hydrogen-bond acceptors (Lipinski definition) is 4. The molecule has 2 atom stereocenters. The Bertz CT molecular complexity index is 1570. The van der Waals surface area contributed by atoms with Gasteiger partial charge >= 0.3 is 6.18 Å². The topological polar surface area (TPSA) is 86.8 Å². The van der Waals surface area contributed by atoms with E-state index >= 15 is 0 Å². The van der Waals surface area contributed by atoms with E-state index in [0.29, 0.717) is 22.4 Å². The van der Waals surface area contributed by atoms with Crippen molar-refractivity contribution in [3.05, 3.63) is 92.9 Å². The van der Waals surface area contributed by atoms with Gasteiger partial charge < -0.3 is 10.2 Å². The maximum Gasteiger partial charge on any atom is 0.417 e. The van der Waals surface area contributed by atoms with Crippen LogP contribution in [-0.2, 0) is 32.3 Å². The molecule has 0 spiro atoms. The predicted octanol–water partition coefficient (Wildman–Crippen LogP) is 7.58. The molecule has 14 heteroatoms. The van der Waals surface area contributed by atoms with Crippen molar-refractivity contribution in [2.75, 3.05) is 10.8 Å². The van der Waals surface area contributed by atoms with E-state index < -0.39 is 56.9 Å². The van der Waals surface area contributed by atoms with Crippen molar-refractivity contribution >= 4 is 62.3 Å². The third-order valence-electron chi connectivity index (χ3n) is 6.93. The molecule has 0 bridgehead atoms. The van der Waals surface area contributed by atoms with Gasteiger partial charge in [0, 0.05) is 28.2 Å². The lowest BCUT2D eigenvalue weighted by Gasteiger charge is -2.34. The first-order chi connectivity index (χ1) is 20.6. The van der Waals surface area contributed by atoms with Crippen molar-refractivity contribution in [3.63, 3.8) is 0 Å². The lowest BCUT2D eigenvalue weighted by atomic mass is 10.1. The first-order valence-electron chi connectivity index (χ1n) is 13.6. The second-order valence-electron chi connectivity index (χ2n) is 9.95. The molecule has 7 nitrogen and oxygen atoms in total. The van der Waals surface area contributed by atoms with Gasteiger partial charge in [-0.3, -0.25) is 13.9 Å². The molecule has 0 heterocycles. The fraction of sp³-hybridized carbons (Fsp3) is 0.333. The number of nitrogens with zero attached hydrogens (tertiary/aromatic N) is 2. The standard InChI is InChI=1S/C30H31Cl3F3N3O4S/c1-4-19(3)37-29(41)27(5-2)38(17-22-24(31)12-9-13-25(22)32)28(40)18-39(44(42,43)21-10-7-6-8-11-21)20-14-15-26(33)23(16-20)30(34,35)36/h6-16,19,27H,4-5,17-18H2,1-3H3,(H,37,41)/t19-,27+/m1/s1. The van der Waals surface area contributed by atoms with Gasteiger partial charge in [-0.2, -0.15) is 13.2 Å². The van der Waals surface area contributed by atoms with Crippen LogP contribution in [0.1, 0.15) is 44.7 Å². The zero-order chi connectivity index (χ0) is 32.8. The maximum atomic E-state index is 14.1. The molecular weight excluding hydrogens is 662 g/mol. The van der Waals surface area contributed by atoms with Crippen molar-refractivity contribution in [2.45, 2.75) is 63.3 Å². The van der Waals surface area contributed by atoms with E-state index in [1.807, 2.05) is 6.92 Å². The van der Waals surface area contributed by atoms with Crippen LogP contribution in [0, 0.1) is 0 Å². The number of anilines is 1. The molecule has 3 aromatic carbocycles. The van der Waals surface area contributed by atoms with E-state index in [-0.39, 0.29) is 33.9 Å². The minimum atomic E-state index is -4.91. The average Bonchev–Trinajstić information content (AvgIpc) is 2.97. The molecule has 3 aromatic rings. The molecule has 0 saturated heterocycles. The quantitative estimate of drug-likeness (QED) is 0.212. The van der Waals surface area contributed by atoms with E-state index in [1.165, 1.54) is 24.3 Å². The summed E-state index contributed by atoms with van der Waals surface area (Å²) in [6, 6.07) is 12.9. The van der Waals surface area contributed by atoms with Crippen molar-refractivity contribution < 1.29 is 31.2 Å². The maximum absolute atomic E-state index is 14.1. The lowest BCUT2D eigenvalue weighted by molar-refractivity contribution is -0.140. The first kappa shape index (κ1) is 35.5. The molecule has 0 aliphatic rings. The monoisotopic (exact) mass is 691 g/mol. The number of alkyl halides is 3. The van der Waals surface area contributed by atoms with Gasteiger partial charge in [0.25, 0.3) is 10.0 Å². The third-order valence-corrected chi connectivity index (χ3v) is 9.76. The summed E-state index contributed by atoms with van der Waals surface area (Å²) in [5.74, 6) is -1.38. The number of rotatable bonds is 12. The van der Waals surface area contributed by atoms with E-state index in [9.17, 15) is 31.2 Å². The summed E-state index contributed by atoms with van der Waals surface area (Å²) in [7, 11) is -4.60. The SMILES string of the molecule is CC[C@@H](C)NC(=O)[C@H](CC)N(Cc1c(Cl)cccc1Cl)C(=O)CN(c1ccc(Cl)c(C(F)(F)F)c1)S(=O)(=O)c1ccccc1. The van der Waals surface area contributed by atoms with E-state index in [2.05, 4.69) is 5.32 Å². The summed E-state index contributed by atoms with van der Waals surface area (Å²) < 4.78 is 69.7. The van der Waals surface area contributed by atoms with Crippen LogP contribution in [0.5, 0.6) is 0 Å². The number of nitrogens with one attached hydrogen (secondary N) is 1. The van der Waals surface area contributed by atoms with Crippen LogP contribution in [0.2, 0.25) is 15.1 Å². The number of halogens is 6. The number of benzene rings is 3. The highest BCUT2D eigenvalue weighted by molar-refractivity contribution is 7.92. The minimum Gasteiger partial charge on any atom is -0.352 e. The number of carbonyl (C=O) groups is 2. The molecule has 0 radical (unpaired) electrons. The largest absolute Gasteiger partial charge is 0.417 e. The zero-order valence-corrected chi connectivity index (χ0v) is 27.1. The molecule has 2 amide bonds. The molecule has 44 heavy (non-hydrogen) atoms. The Balaban J connectivity index is 2.18. The van der Waals surface area contributed by atoms with Gasteiger partial charge in [0.1, 0.15) is 12.6 Å². The van der Waals surface area contributed by atoms with Crippen LogP contribution in [-0.4, -0.2) is 43.8 Å². The zero-order valence-electron chi connectivity index (χ0n) is 24.0. The molecule has 0 aromatic heterocycles. The van der Waals surface area contributed by atoms with Crippen molar-refractivity contribution in [2.24, 2.45) is 0 Å². The fourth-order valence-corrected chi connectivity index (χ4v) is 6.52. The normalized spacial score (nSPS) is 13.2. The molecule has 0 aliphatic carbocycles. The summed E-state index contributed by atoms with van der Waals surface area (Å²) in [4.78, 5) is 28.4. The highest BCUT2D eigenvalue weighted by Gasteiger charge is 2.37. The van der Waals surface area contributed by atoms with Gasteiger partial charge in [-0.1, -0.05) is 72.9 Å². The molecule has 3 rings (SSSR count). The van der Waals surface area contributed by atoms with Crippen LogP contribution in [0.4, 0.5) is 18.9 Å². The van der Waals surface area contributed by atoms with Gasteiger partial charge in [-0.25, -0.2) is 8.42 Å². The van der Waals surface area contributed by atoms with Crippen LogP contribution in [0.15, 0.2) is 71.6 Å². The number of carbonyl (C=O) groups excluding carboxylic acids is 2. The second-order valence-corrected chi connectivity index (χ2v) is 13.0. The molecule has 1 N–H and O–H groups in total. The number of sulfonamides is 1. The van der Waals surface area contributed by atoms with Gasteiger partial charge in [-0.15, -0.1) is 0 Å². The molecular formula is C30H31Cl3F3N3O4S. The van der Waals surface area contributed by atoms with E-state index in [4.69, 9.17) is 34.8 Å². The smallest absolute Gasteiger partial charge is 0.352 e. The second kappa shape index (κ2) is 14.9. The van der Waals surface area contributed by atoms with Crippen LogP contribution in [0.3, 0.4) is 0 Å². The molecule has 0 fully saturated rings. The molecule has 0 unspecified atom stereocenters. The minimum absolute atomic E-state index is 0.126. The van der Waals surface area contributed by atoms with Crippen molar-refractivity contribution in [3.8, 4) is 0 Å². The summed E-state index contributed by atoms with van der Waals surface area (Å²) in [5, 5.41) is 2.59. The third kappa shape index (κ3) is 8.38. The number of amides is 2. The fourth-order valence-electron chi connectivity index (χ4n) is 4.35. The van der Waals surface area contributed by atoms with Crippen molar-refractivity contribution in [1.82, 2.24) is 10.2 Å². The average molecular weight is 693 g/mol.